The Hall–Kier alpha value is -3.15. The van der Waals surface area contributed by atoms with Gasteiger partial charge in [-0.3, -0.25) is 0 Å². The number of aryl methyl sites for hydroxylation is 1. The van der Waals surface area contributed by atoms with Gasteiger partial charge in [-0.1, -0.05) is 12.1 Å². The summed E-state index contributed by atoms with van der Waals surface area (Å²) in [7, 11) is 0. The van der Waals surface area contributed by atoms with Gasteiger partial charge in [-0.05, 0) is 42.8 Å². The summed E-state index contributed by atoms with van der Waals surface area (Å²) in [6.07, 6.45) is -4.74. The number of halogens is 3. The summed E-state index contributed by atoms with van der Waals surface area (Å²) in [5.41, 5.74) is 3.51. The minimum Gasteiger partial charge on any atom is -0.456 e. The lowest BCUT2D eigenvalue weighted by Gasteiger charge is -2.07. The van der Waals surface area contributed by atoms with Crippen LogP contribution in [-0.2, 0) is 0 Å². The Morgan fingerprint density at radius 1 is 0.692 bits per heavy atom. The monoisotopic (exact) mass is 356 g/mol. The third-order valence-electron chi connectivity index (χ3n) is 4.43. The minimum absolute atomic E-state index is 0.311. The van der Waals surface area contributed by atoms with E-state index < -0.39 is 6.36 Å². The van der Waals surface area contributed by atoms with Crippen LogP contribution in [0.15, 0.2) is 57.4 Å². The highest BCUT2D eigenvalue weighted by atomic mass is 19.4. The summed E-state index contributed by atoms with van der Waals surface area (Å²) < 4.78 is 52.9. The molecule has 0 aliphatic heterocycles. The number of alkyl halides is 3. The minimum atomic E-state index is -4.74. The Morgan fingerprint density at radius 2 is 1.23 bits per heavy atom. The van der Waals surface area contributed by atoms with Gasteiger partial charge in [0.2, 0.25) is 0 Å². The average molecular weight is 356 g/mol. The lowest BCUT2D eigenvalue weighted by atomic mass is 10.1. The molecule has 26 heavy (non-hydrogen) atoms. The lowest BCUT2D eigenvalue weighted by molar-refractivity contribution is -0.274. The Bertz CT molecular complexity index is 1310. The van der Waals surface area contributed by atoms with Crippen LogP contribution in [0.4, 0.5) is 13.2 Å². The first kappa shape index (κ1) is 15.1. The highest BCUT2D eigenvalue weighted by molar-refractivity contribution is 6.14. The van der Waals surface area contributed by atoms with E-state index in [1.807, 2.05) is 37.3 Å². The summed E-state index contributed by atoms with van der Waals surface area (Å²) in [6.45, 7) is 1.99. The second-order valence-corrected chi connectivity index (χ2v) is 6.25. The summed E-state index contributed by atoms with van der Waals surface area (Å²) in [5.74, 6) is -0.311. The zero-order chi connectivity index (χ0) is 18.1. The molecule has 5 rings (SSSR count). The Labute approximate surface area is 144 Å². The molecule has 0 unspecified atom stereocenters. The predicted molar refractivity (Wildman–Crippen MR) is 92.4 cm³/mol. The van der Waals surface area contributed by atoms with E-state index in [1.165, 1.54) is 12.1 Å². The highest BCUT2D eigenvalue weighted by Gasteiger charge is 2.31. The molecule has 0 spiro atoms. The molecule has 0 amide bonds. The second kappa shape index (κ2) is 4.94. The fourth-order valence-corrected chi connectivity index (χ4v) is 3.33. The molecule has 2 heterocycles. The van der Waals surface area contributed by atoms with Crippen molar-refractivity contribution < 1.29 is 26.7 Å². The highest BCUT2D eigenvalue weighted by Crippen LogP contribution is 2.38. The second-order valence-electron chi connectivity index (χ2n) is 6.25. The number of hydrogen-bond acceptors (Lipinski definition) is 3. The van der Waals surface area contributed by atoms with Crippen molar-refractivity contribution in [1.29, 1.82) is 0 Å². The van der Waals surface area contributed by atoms with E-state index in [2.05, 4.69) is 4.74 Å². The van der Waals surface area contributed by atoms with Crippen molar-refractivity contribution in [2.24, 2.45) is 0 Å². The van der Waals surface area contributed by atoms with E-state index >= 15 is 0 Å². The molecule has 130 valence electrons. The molecule has 0 bridgehead atoms. The van der Waals surface area contributed by atoms with Gasteiger partial charge >= 0.3 is 6.36 Å². The van der Waals surface area contributed by atoms with E-state index in [0.29, 0.717) is 22.1 Å². The van der Waals surface area contributed by atoms with Gasteiger partial charge in [-0.2, -0.15) is 0 Å². The molecule has 2 aromatic heterocycles. The Balaban J connectivity index is 1.75. The standard InChI is InChI=1S/C20H11F3O3/c1-10-2-4-12-14-8-19-15(9-18(14)24-16(12)6-10)13-5-3-11(7-17(13)25-19)26-20(21,22)23/h2-9H,1H3. The van der Waals surface area contributed by atoms with Gasteiger partial charge in [0.15, 0.2) is 0 Å². The van der Waals surface area contributed by atoms with E-state index in [4.69, 9.17) is 8.83 Å². The van der Waals surface area contributed by atoms with Crippen LogP contribution in [-0.4, -0.2) is 6.36 Å². The zero-order valence-corrected chi connectivity index (χ0v) is 13.5. The van der Waals surface area contributed by atoms with Crippen molar-refractivity contribution in [3.8, 4) is 5.75 Å². The molecule has 5 aromatic rings. The maximum absolute atomic E-state index is 12.4. The van der Waals surface area contributed by atoms with Crippen molar-refractivity contribution >= 4 is 43.9 Å². The normalized spacial score (nSPS) is 12.6. The van der Waals surface area contributed by atoms with Gasteiger partial charge in [-0.15, -0.1) is 13.2 Å². The fourth-order valence-electron chi connectivity index (χ4n) is 3.33. The largest absolute Gasteiger partial charge is 0.573 e. The topological polar surface area (TPSA) is 35.5 Å². The lowest BCUT2D eigenvalue weighted by Crippen LogP contribution is -2.16. The van der Waals surface area contributed by atoms with Crippen LogP contribution in [0.3, 0.4) is 0 Å². The van der Waals surface area contributed by atoms with Crippen LogP contribution >= 0.6 is 0 Å². The Morgan fingerprint density at radius 3 is 1.85 bits per heavy atom. The van der Waals surface area contributed by atoms with Gasteiger partial charge in [0.25, 0.3) is 0 Å². The van der Waals surface area contributed by atoms with Gasteiger partial charge < -0.3 is 13.6 Å². The summed E-state index contributed by atoms with van der Waals surface area (Å²) in [5, 5.41) is 3.35. The molecule has 0 aliphatic carbocycles. The molecule has 0 saturated heterocycles. The summed E-state index contributed by atoms with van der Waals surface area (Å²) in [4.78, 5) is 0. The van der Waals surface area contributed by atoms with Gasteiger partial charge in [-0.25, -0.2) is 0 Å². The van der Waals surface area contributed by atoms with Gasteiger partial charge in [0, 0.05) is 27.6 Å². The average Bonchev–Trinajstić information content (AvgIpc) is 3.07. The number of benzene rings is 3. The van der Waals surface area contributed by atoms with Crippen molar-refractivity contribution in [1.82, 2.24) is 0 Å². The van der Waals surface area contributed by atoms with E-state index in [1.54, 1.807) is 6.07 Å². The van der Waals surface area contributed by atoms with E-state index in [-0.39, 0.29) is 5.75 Å². The van der Waals surface area contributed by atoms with Crippen LogP contribution in [0.2, 0.25) is 0 Å². The van der Waals surface area contributed by atoms with Crippen LogP contribution in [0, 0.1) is 6.92 Å². The van der Waals surface area contributed by atoms with Crippen LogP contribution in [0.25, 0.3) is 43.9 Å². The maximum atomic E-state index is 12.4. The van der Waals surface area contributed by atoms with E-state index in [0.717, 1.165) is 27.3 Å². The molecule has 0 aliphatic rings. The SMILES string of the molecule is Cc1ccc2c(c1)oc1cc3c(cc12)oc1cc(OC(F)(F)F)ccc13. The first-order chi connectivity index (χ1) is 12.4. The third kappa shape index (κ3) is 2.29. The summed E-state index contributed by atoms with van der Waals surface area (Å²) >= 11 is 0. The van der Waals surface area contributed by atoms with Crippen molar-refractivity contribution in [3.05, 3.63) is 54.1 Å². The molecule has 0 N–H and O–H groups in total. The van der Waals surface area contributed by atoms with Crippen molar-refractivity contribution in [2.45, 2.75) is 13.3 Å². The van der Waals surface area contributed by atoms with Crippen LogP contribution in [0.1, 0.15) is 5.56 Å². The number of furan rings is 2. The van der Waals surface area contributed by atoms with Crippen LogP contribution < -0.4 is 4.74 Å². The molecule has 0 saturated carbocycles. The van der Waals surface area contributed by atoms with Crippen molar-refractivity contribution in [2.75, 3.05) is 0 Å². The zero-order valence-electron chi connectivity index (χ0n) is 13.5. The molecule has 6 heteroatoms. The number of ether oxygens (including phenoxy) is 1. The molecule has 0 fully saturated rings. The predicted octanol–water partition coefficient (Wildman–Crippen LogP) is 6.69. The van der Waals surface area contributed by atoms with Gasteiger partial charge in [0.05, 0.1) is 0 Å². The first-order valence-electron chi connectivity index (χ1n) is 7.92. The number of rotatable bonds is 1. The Kier molecular flexibility index (Phi) is 2.88. The number of fused-ring (bicyclic) bond motifs is 6. The number of hydrogen-bond donors (Lipinski definition) is 0. The molecule has 3 nitrogen and oxygen atoms in total. The van der Waals surface area contributed by atoms with Gasteiger partial charge in [0.1, 0.15) is 28.1 Å². The smallest absolute Gasteiger partial charge is 0.456 e. The fraction of sp³-hybridized carbons (Fsp3) is 0.100. The van der Waals surface area contributed by atoms with Crippen molar-refractivity contribution in [3.63, 3.8) is 0 Å². The van der Waals surface area contributed by atoms with Crippen LogP contribution in [0.5, 0.6) is 5.75 Å². The molecule has 0 atom stereocenters. The van der Waals surface area contributed by atoms with E-state index in [9.17, 15) is 13.2 Å². The summed E-state index contributed by atoms with van der Waals surface area (Å²) in [6, 6.07) is 13.7. The maximum Gasteiger partial charge on any atom is 0.573 e. The molecular weight excluding hydrogens is 345 g/mol. The third-order valence-corrected chi connectivity index (χ3v) is 4.43. The molecular formula is C20H11F3O3. The first-order valence-corrected chi connectivity index (χ1v) is 7.92. The molecule has 3 aromatic carbocycles. The quantitative estimate of drug-likeness (QED) is 0.335. The molecule has 0 radical (unpaired) electrons.